The molecule has 1 aliphatic rings. The average molecular weight is 445 g/mol. The lowest BCUT2D eigenvalue weighted by molar-refractivity contribution is -0.127. The second-order valence-electron chi connectivity index (χ2n) is 8.71. The Kier molecular flexibility index (Phi) is 6.36. The second-order valence-corrected chi connectivity index (χ2v) is 8.71. The third-order valence-corrected chi connectivity index (χ3v) is 5.46. The third kappa shape index (κ3) is 5.00. The van der Waals surface area contributed by atoms with Crippen LogP contribution >= 0.6 is 0 Å². The summed E-state index contributed by atoms with van der Waals surface area (Å²) in [6, 6.07) is 21.8. The predicted molar refractivity (Wildman–Crippen MR) is 129 cm³/mol. The lowest BCUT2D eigenvalue weighted by Crippen LogP contribution is -2.42. The fourth-order valence-electron chi connectivity index (χ4n) is 3.67. The van der Waals surface area contributed by atoms with E-state index in [0.29, 0.717) is 29.3 Å². The molecule has 0 aliphatic carbocycles. The molecule has 6 nitrogen and oxygen atoms in total. The lowest BCUT2D eigenvalue weighted by atomic mass is 9.93. The Balaban J connectivity index is 1.49. The Morgan fingerprint density at radius 1 is 1.03 bits per heavy atom. The van der Waals surface area contributed by atoms with Crippen molar-refractivity contribution >= 4 is 23.2 Å². The van der Waals surface area contributed by atoms with Gasteiger partial charge in [0.25, 0.3) is 5.91 Å². The average Bonchev–Trinajstić information content (AvgIpc) is 2.90. The molecule has 33 heavy (non-hydrogen) atoms. The number of carbonyl (C=O) groups is 2. The molecule has 170 valence electrons. The Hall–Kier alpha value is -3.80. The van der Waals surface area contributed by atoms with Gasteiger partial charge in [-0.15, -0.1) is 0 Å². The van der Waals surface area contributed by atoms with E-state index in [-0.39, 0.29) is 18.4 Å². The molecule has 4 rings (SSSR count). The van der Waals surface area contributed by atoms with E-state index in [1.807, 2.05) is 57.2 Å². The first kappa shape index (κ1) is 22.4. The number of anilines is 2. The van der Waals surface area contributed by atoms with Crippen molar-refractivity contribution < 1.29 is 19.1 Å². The van der Waals surface area contributed by atoms with E-state index in [4.69, 9.17) is 9.47 Å². The molecule has 0 bridgehead atoms. The SMILES string of the molecule is CCCN1C(=O)C(C)(C)COc2cc(NC(=O)c3ccc(Oc4ccccc4)cc3)ccc21. The molecular weight excluding hydrogens is 416 g/mol. The van der Waals surface area contributed by atoms with Crippen molar-refractivity contribution in [1.29, 1.82) is 0 Å². The van der Waals surface area contributed by atoms with Gasteiger partial charge in [-0.05, 0) is 68.8 Å². The van der Waals surface area contributed by atoms with E-state index >= 15 is 0 Å². The van der Waals surface area contributed by atoms with E-state index in [0.717, 1.165) is 17.9 Å². The summed E-state index contributed by atoms with van der Waals surface area (Å²) in [6.45, 7) is 6.70. The summed E-state index contributed by atoms with van der Waals surface area (Å²) in [5.41, 5.74) is 1.22. The van der Waals surface area contributed by atoms with Gasteiger partial charge in [-0.2, -0.15) is 0 Å². The predicted octanol–water partition coefficient (Wildman–Crippen LogP) is 5.89. The largest absolute Gasteiger partial charge is 0.490 e. The van der Waals surface area contributed by atoms with E-state index in [1.54, 1.807) is 41.3 Å². The molecule has 3 aromatic carbocycles. The molecule has 0 aromatic heterocycles. The number of carbonyl (C=O) groups excluding carboxylic acids is 2. The van der Waals surface area contributed by atoms with Gasteiger partial charge < -0.3 is 19.7 Å². The molecule has 3 aromatic rings. The molecular formula is C27H28N2O4. The highest BCUT2D eigenvalue weighted by atomic mass is 16.5. The van der Waals surface area contributed by atoms with Crippen molar-refractivity contribution in [2.24, 2.45) is 5.41 Å². The molecule has 1 aliphatic heterocycles. The van der Waals surface area contributed by atoms with Gasteiger partial charge in [0.1, 0.15) is 23.9 Å². The van der Waals surface area contributed by atoms with Gasteiger partial charge in [0.05, 0.1) is 11.1 Å². The van der Waals surface area contributed by atoms with Crippen LogP contribution in [0.1, 0.15) is 37.6 Å². The Bertz CT molecular complexity index is 1140. The first-order chi connectivity index (χ1) is 15.9. The second kappa shape index (κ2) is 9.36. The van der Waals surface area contributed by atoms with Crippen molar-refractivity contribution in [2.45, 2.75) is 27.2 Å². The van der Waals surface area contributed by atoms with Crippen molar-refractivity contribution in [3.63, 3.8) is 0 Å². The van der Waals surface area contributed by atoms with Crippen LogP contribution in [0.25, 0.3) is 0 Å². The minimum atomic E-state index is -0.624. The molecule has 0 atom stereocenters. The number of para-hydroxylation sites is 1. The van der Waals surface area contributed by atoms with Crippen molar-refractivity contribution in [3.8, 4) is 17.2 Å². The highest BCUT2D eigenvalue weighted by Crippen LogP contribution is 2.38. The maximum Gasteiger partial charge on any atom is 0.255 e. The summed E-state index contributed by atoms with van der Waals surface area (Å²) in [6.07, 6.45) is 0.837. The number of hydrogen-bond donors (Lipinski definition) is 1. The number of hydrogen-bond acceptors (Lipinski definition) is 4. The maximum atomic E-state index is 13.0. The summed E-state index contributed by atoms with van der Waals surface area (Å²) in [7, 11) is 0. The van der Waals surface area contributed by atoms with E-state index < -0.39 is 5.41 Å². The van der Waals surface area contributed by atoms with Gasteiger partial charge in [-0.3, -0.25) is 9.59 Å². The van der Waals surface area contributed by atoms with Crippen LogP contribution in [-0.2, 0) is 4.79 Å². The Morgan fingerprint density at radius 3 is 2.42 bits per heavy atom. The molecule has 0 saturated heterocycles. The number of ether oxygens (including phenoxy) is 2. The van der Waals surface area contributed by atoms with Gasteiger partial charge in [-0.25, -0.2) is 0 Å². The lowest BCUT2D eigenvalue weighted by Gasteiger charge is -2.27. The molecule has 1 N–H and O–H groups in total. The Labute approximate surface area is 194 Å². The highest BCUT2D eigenvalue weighted by molar-refractivity contribution is 6.05. The summed E-state index contributed by atoms with van der Waals surface area (Å²) in [5, 5.41) is 2.91. The van der Waals surface area contributed by atoms with E-state index in [1.165, 1.54) is 0 Å². The number of benzene rings is 3. The van der Waals surface area contributed by atoms with Crippen LogP contribution in [0.5, 0.6) is 17.2 Å². The van der Waals surface area contributed by atoms with Crippen LogP contribution in [0.3, 0.4) is 0 Å². The first-order valence-electron chi connectivity index (χ1n) is 11.1. The number of rotatable bonds is 6. The molecule has 0 fully saturated rings. The number of fused-ring (bicyclic) bond motifs is 1. The fourth-order valence-corrected chi connectivity index (χ4v) is 3.67. The van der Waals surface area contributed by atoms with Crippen LogP contribution in [0.15, 0.2) is 72.8 Å². The van der Waals surface area contributed by atoms with Crippen molar-refractivity contribution in [2.75, 3.05) is 23.4 Å². The van der Waals surface area contributed by atoms with E-state index in [9.17, 15) is 9.59 Å². The van der Waals surface area contributed by atoms with Gasteiger partial charge in [-0.1, -0.05) is 25.1 Å². The van der Waals surface area contributed by atoms with Gasteiger partial charge >= 0.3 is 0 Å². The number of amides is 2. The molecule has 1 heterocycles. The normalized spacial score (nSPS) is 14.6. The van der Waals surface area contributed by atoms with Crippen molar-refractivity contribution in [3.05, 3.63) is 78.4 Å². The zero-order valence-corrected chi connectivity index (χ0v) is 19.1. The van der Waals surface area contributed by atoms with Crippen LogP contribution in [0.4, 0.5) is 11.4 Å². The molecule has 0 unspecified atom stereocenters. The van der Waals surface area contributed by atoms with Crippen LogP contribution in [0, 0.1) is 5.41 Å². The third-order valence-electron chi connectivity index (χ3n) is 5.46. The van der Waals surface area contributed by atoms with Crippen LogP contribution in [0.2, 0.25) is 0 Å². The molecule has 6 heteroatoms. The highest BCUT2D eigenvalue weighted by Gasteiger charge is 2.37. The zero-order chi connectivity index (χ0) is 23.4. The van der Waals surface area contributed by atoms with Gasteiger partial charge in [0.2, 0.25) is 5.91 Å². The van der Waals surface area contributed by atoms with E-state index in [2.05, 4.69) is 5.32 Å². The van der Waals surface area contributed by atoms with Gasteiger partial charge in [0, 0.05) is 23.9 Å². The summed E-state index contributed by atoms with van der Waals surface area (Å²) < 4.78 is 11.8. The standard InChI is InChI=1S/C27H28N2O4/c1-4-16-29-23-15-12-20(17-24(23)32-18-27(2,3)26(29)31)28-25(30)19-10-13-22(14-11-19)33-21-8-6-5-7-9-21/h5-15,17H,4,16,18H2,1-3H3,(H,28,30). The van der Waals surface area contributed by atoms with Gasteiger partial charge in [0.15, 0.2) is 0 Å². The molecule has 0 radical (unpaired) electrons. The minimum Gasteiger partial charge on any atom is -0.490 e. The zero-order valence-electron chi connectivity index (χ0n) is 19.1. The fraction of sp³-hybridized carbons (Fsp3) is 0.259. The molecule has 0 saturated carbocycles. The van der Waals surface area contributed by atoms with Crippen LogP contribution < -0.4 is 19.7 Å². The number of nitrogens with one attached hydrogen (secondary N) is 1. The van der Waals surface area contributed by atoms with Crippen molar-refractivity contribution in [1.82, 2.24) is 0 Å². The monoisotopic (exact) mass is 444 g/mol. The topological polar surface area (TPSA) is 67.9 Å². The maximum absolute atomic E-state index is 13.0. The quantitative estimate of drug-likeness (QED) is 0.515. The molecule has 0 spiro atoms. The summed E-state index contributed by atoms with van der Waals surface area (Å²) in [5.74, 6) is 1.78. The summed E-state index contributed by atoms with van der Waals surface area (Å²) in [4.78, 5) is 27.5. The first-order valence-corrected chi connectivity index (χ1v) is 11.1. The molecule has 2 amide bonds. The number of nitrogens with zero attached hydrogens (tertiary/aromatic N) is 1. The Morgan fingerprint density at radius 2 is 1.73 bits per heavy atom. The summed E-state index contributed by atoms with van der Waals surface area (Å²) >= 11 is 0. The minimum absolute atomic E-state index is 0.0395. The smallest absolute Gasteiger partial charge is 0.255 e. The van der Waals surface area contributed by atoms with Crippen LogP contribution in [-0.4, -0.2) is 25.0 Å².